The maximum absolute atomic E-state index is 14.0. The van der Waals surface area contributed by atoms with Crippen LogP contribution >= 0.6 is 0 Å². The second-order valence-corrected chi connectivity index (χ2v) is 5.64. The molecule has 1 aromatic carbocycles. The number of pyridine rings is 1. The summed E-state index contributed by atoms with van der Waals surface area (Å²) in [7, 11) is 0. The van der Waals surface area contributed by atoms with E-state index in [1.165, 1.54) is 6.07 Å². The van der Waals surface area contributed by atoms with E-state index in [1.54, 1.807) is 0 Å². The van der Waals surface area contributed by atoms with E-state index in [2.05, 4.69) is 9.72 Å². The first-order valence-electron chi connectivity index (χ1n) is 7.37. The van der Waals surface area contributed by atoms with Gasteiger partial charge in [-0.1, -0.05) is 12.1 Å². The van der Waals surface area contributed by atoms with Crippen LogP contribution in [0, 0.1) is 5.95 Å². The van der Waals surface area contributed by atoms with Crippen molar-refractivity contribution in [3.05, 3.63) is 53.6 Å². The number of carbonyl (C=O) groups excluding carboxylic acids is 1. The quantitative estimate of drug-likeness (QED) is 0.643. The summed E-state index contributed by atoms with van der Waals surface area (Å²) < 4.78 is 83.9. The molecule has 0 spiro atoms. The highest BCUT2D eigenvalue weighted by atomic mass is 19.4. The van der Waals surface area contributed by atoms with Gasteiger partial charge in [-0.25, -0.2) is 4.98 Å². The minimum atomic E-state index is -5.14. The zero-order valence-corrected chi connectivity index (χ0v) is 13.2. The summed E-state index contributed by atoms with van der Waals surface area (Å²) >= 11 is 0. The molecule has 2 heterocycles. The molecule has 1 N–H and O–H groups in total. The standard InChI is InChI=1S/C16H10F6N2O3/c17-11-6-8(4-5-23-11)7-24-10-3-1-2-9(13(25)15(18,19)20)12(10)27-16(21,22)14(24)26/h1-6,13,25H,7H2/t13-/m1/s1. The molecule has 11 heteroatoms. The van der Waals surface area contributed by atoms with Crippen LogP contribution in [-0.2, 0) is 11.3 Å². The molecule has 2 aromatic rings. The highest BCUT2D eigenvalue weighted by molar-refractivity contribution is 6.01. The first-order valence-corrected chi connectivity index (χ1v) is 7.37. The van der Waals surface area contributed by atoms with Gasteiger partial charge in [0.2, 0.25) is 5.95 Å². The molecule has 0 saturated heterocycles. The summed E-state index contributed by atoms with van der Waals surface area (Å²) in [6.45, 7) is -0.574. The fourth-order valence-corrected chi connectivity index (χ4v) is 2.58. The summed E-state index contributed by atoms with van der Waals surface area (Å²) in [5.41, 5.74) is -1.32. The monoisotopic (exact) mass is 392 g/mol. The number of carbonyl (C=O) groups is 1. The number of hydrogen-bond donors (Lipinski definition) is 1. The number of aliphatic hydroxyl groups excluding tert-OH is 1. The van der Waals surface area contributed by atoms with Crippen molar-refractivity contribution in [2.24, 2.45) is 0 Å². The Morgan fingerprint density at radius 1 is 1.26 bits per heavy atom. The predicted molar refractivity (Wildman–Crippen MR) is 78.4 cm³/mol. The zero-order chi connectivity index (χ0) is 20.0. The number of halogens is 6. The molecule has 0 bridgehead atoms. The van der Waals surface area contributed by atoms with Crippen LogP contribution in [0.3, 0.4) is 0 Å². The number of ether oxygens (including phenoxy) is 1. The normalized spacial score (nSPS) is 17.3. The Kier molecular flexibility index (Phi) is 4.50. The third-order valence-electron chi connectivity index (χ3n) is 3.78. The van der Waals surface area contributed by atoms with Crippen LogP contribution < -0.4 is 9.64 Å². The van der Waals surface area contributed by atoms with Gasteiger partial charge in [-0.15, -0.1) is 0 Å². The van der Waals surface area contributed by atoms with Gasteiger partial charge in [0, 0.05) is 11.8 Å². The Hall–Kier alpha value is -2.82. The van der Waals surface area contributed by atoms with Crippen LogP contribution in [0.1, 0.15) is 17.2 Å². The van der Waals surface area contributed by atoms with Crippen molar-refractivity contribution in [2.45, 2.75) is 24.9 Å². The average molecular weight is 392 g/mol. The number of amides is 1. The minimum Gasteiger partial charge on any atom is -0.423 e. The van der Waals surface area contributed by atoms with Crippen molar-refractivity contribution in [3.8, 4) is 5.75 Å². The van der Waals surface area contributed by atoms with Gasteiger partial charge < -0.3 is 9.84 Å². The fourth-order valence-electron chi connectivity index (χ4n) is 2.58. The second-order valence-electron chi connectivity index (χ2n) is 5.64. The molecule has 0 fully saturated rings. The third-order valence-corrected chi connectivity index (χ3v) is 3.78. The van der Waals surface area contributed by atoms with E-state index < -0.39 is 53.8 Å². The first-order chi connectivity index (χ1) is 12.5. The largest absolute Gasteiger partial charge is 0.483 e. The molecule has 1 aromatic heterocycles. The maximum atomic E-state index is 14.0. The number of aliphatic hydroxyl groups is 1. The van der Waals surface area contributed by atoms with Gasteiger partial charge in [0.05, 0.1) is 12.2 Å². The molecule has 144 valence electrons. The molecular formula is C16H10F6N2O3. The Morgan fingerprint density at radius 3 is 2.59 bits per heavy atom. The van der Waals surface area contributed by atoms with Crippen molar-refractivity contribution >= 4 is 11.6 Å². The lowest BCUT2D eigenvalue weighted by atomic mass is 10.0. The number of alkyl halides is 5. The van der Waals surface area contributed by atoms with E-state index in [1.807, 2.05) is 0 Å². The third kappa shape index (κ3) is 3.54. The molecule has 5 nitrogen and oxygen atoms in total. The first kappa shape index (κ1) is 19.0. The van der Waals surface area contributed by atoms with E-state index in [-0.39, 0.29) is 5.56 Å². The van der Waals surface area contributed by atoms with Crippen molar-refractivity contribution in [1.82, 2.24) is 4.98 Å². The van der Waals surface area contributed by atoms with Crippen molar-refractivity contribution in [2.75, 3.05) is 4.90 Å². The second kappa shape index (κ2) is 6.41. The lowest BCUT2D eigenvalue weighted by Crippen LogP contribution is -2.50. The molecule has 3 rings (SSSR count). The minimum absolute atomic E-state index is 0.0706. The molecular weight excluding hydrogens is 382 g/mol. The highest BCUT2D eigenvalue weighted by Crippen LogP contribution is 2.47. The van der Waals surface area contributed by atoms with Gasteiger partial charge in [0.25, 0.3) is 0 Å². The summed E-state index contributed by atoms with van der Waals surface area (Å²) in [5, 5.41) is 9.45. The van der Waals surface area contributed by atoms with E-state index in [9.17, 15) is 36.2 Å². The molecule has 0 aliphatic carbocycles. The lowest BCUT2D eigenvalue weighted by molar-refractivity contribution is -0.211. The predicted octanol–water partition coefficient (Wildman–Crippen LogP) is 3.33. The SMILES string of the molecule is O=C1N(Cc2ccnc(F)c2)c2cccc([C@@H](O)C(F)(F)F)c2OC1(F)F. The highest BCUT2D eigenvalue weighted by Gasteiger charge is 2.52. The Bertz CT molecular complexity index is 887. The van der Waals surface area contributed by atoms with Crippen LogP contribution in [0.5, 0.6) is 5.75 Å². The number of fused-ring (bicyclic) bond motifs is 1. The number of benzene rings is 1. The van der Waals surface area contributed by atoms with Crippen LogP contribution in [0.4, 0.5) is 32.0 Å². The van der Waals surface area contributed by atoms with Crippen LogP contribution in [0.15, 0.2) is 36.5 Å². The van der Waals surface area contributed by atoms with Crippen molar-refractivity contribution < 1.29 is 41.0 Å². The summed E-state index contributed by atoms with van der Waals surface area (Å²) in [5.74, 6) is -3.76. The number of hydrogen-bond acceptors (Lipinski definition) is 4. The van der Waals surface area contributed by atoms with Gasteiger partial charge in [-0.2, -0.15) is 26.3 Å². The van der Waals surface area contributed by atoms with Crippen molar-refractivity contribution in [1.29, 1.82) is 0 Å². The summed E-state index contributed by atoms with van der Waals surface area (Å²) in [6.07, 6.45) is -11.7. The molecule has 1 aliphatic rings. The zero-order valence-electron chi connectivity index (χ0n) is 13.2. The Labute approximate surface area is 147 Å². The van der Waals surface area contributed by atoms with E-state index in [0.717, 1.165) is 30.5 Å². The van der Waals surface area contributed by atoms with Gasteiger partial charge in [0.15, 0.2) is 11.9 Å². The molecule has 1 amide bonds. The summed E-state index contributed by atoms with van der Waals surface area (Å²) in [4.78, 5) is 15.8. The van der Waals surface area contributed by atoms with E-state index in [0.29, 0.717) is 4.90 Å². The average Bonchev–Trinajstić information content (AvgIpc) is 2.57. The number of para-hydroxylation sites is 1. The number of anilines is 1. The van der Waals surface area contributed by atoms with Crippen LogP contribution in [-0.4, -0.2) is 28.3 Å². The van der Waals surface area contributed by atoms with E-state index in [4.69, 9.17) is 0 Å². The van der Waals surface area contributed by atoms with Crippen LogP contribution in [0.2, 0.25) is 0 Å². The number of nitrogens with zero attached hydrogens (tertiary/aromatic N) is 2. The van der Waals surface area contributed by atoms with Gasteiger partial charge in [-0.05, 0) is 23.8 Å². The topological polar surface area (TPSA) is 62.7 Å². The molecule has 1 aliphatic heterocycles. The molecule has 0 unspecified atom stereocenters. The molecule has 0 saturated carbocycles. The Balaban J connectivity index is 2.10. The van der Waals surface area contributed by atoms with E-state index >= 15 is 0 Å². The Morgan fingerprint density at radius 2 is 1.96 bits per heavy atom. The van der Waals surface area contributed by atoms with Gasteiger partial charge in [-0.3, -0.25) is 9.69 Å². The smallest absolute Gasteiger partial charge is 0.423 e. The van der Waals surface area contributed by atoms with Crippen LogP contribution in [0.25, 0.3) is 0 Å². The number of aromatic nitrogens is 1. The molecule has 0 radical (unpaired) electrons. The summed E-state index contributed by atoms with van der Waals surface area (Å²) in [6, 6.07) is 5.01. The van der Waals surface area contributed by atoms with Crippen molar-refractivity contribution in [3.63, 3.8) is 0 Å². The molecule has 27 heavy (non-hydrogen) atoms. The number of rotatable bonds is 3. The maximum Gasteiger partial charge on any atom is 0.483 e. The van der Waals surface area contributed by atoms with Gasteiger partial charge >= 0.3 is 18.2 Å². The fraction of sp³-hybridized carbons (Fsp3) is 0.250. The van der Waals surface area contributed by atoms with Gasteiger partial charge in [0.1, 0.15) is 0 Å². The lowest BCUT2D eigenvalue weighted by Gasteiger charge is -2.35. The molecule has 1 atom stereocenters.